The number of anilines is 1. The second-order valence-electron chi connectivity index (χ2n) is 4.93. The lowest BCUT2D eigenvalue weighted by Crippen LogP contribution is -2.49. The molecule has 0 saturated carbocycles. The van der Waals surface area contributed by atoms with E-state index >= 15 is 0 Å². The summed E-state index contributed by atoms with van der Waals surface area (Å²) in [6.45, 7) is 4.77. The van der Waals surface area contributed by atoms with Gasteiger partial charge in [-0.05, 0) is 12.1 Å². The van der Waals surface area contributed by atoms with Crippen LogP contribution in [0.15, 0.2) is 30.7 Å². The molecule has 0 radical (unpaired) electrons. The van der Waals surface area contributed by atoms with Gasteiger partial charge in [0.25, 0.3) is 0 Å². The van der Waals surface area contributed by atoms with Gasteiger partial charge >= 0.3 is 0 Å². The van der Waals surface area contributed by atoms with Crippen molar-refractivity contribution >= 4 is 5.82 Å². The van der Waals surface area contributed by atoms with Crippen molar-refractivity contribution in [3.63, 3.8) is 0 Å². The standard InChI is InChI=1S/C14H17FN4/c1-2-13-16-6-7-18(13)8-11-9-19(10-11)14-12(15)4-3-5-17-14/h3-7,11H,2,8-10H2,1H3. The molecule has 2 aromatic rings. The zero-order chi connectivity index (χ0) is 13.2. The molecule has 5 heteroatoms. The largest absolute Gasteiger partial charge is 0.353 e. The van der Waals surface area contributed by atoms with Crippen LogP contribution < -0.4 is 4.90 Å². The predicted octanol–water partition coefficient (Wildman–Crippen LogP) is 2.12. The first-order valence-electron chi connectivity index (χ1n) is 6.63. The highest BCUT2D eigenvalue weighted by molar-refractivity contribution is 5.42. The Labute approximate surface area is 111 Å². The number of nitrogens with zero attached hydrogens (tertiary/aromatic N) is 4. The third-order valence-corrected chi connectivity index (χ3v) is 3.57. The summed E-state index contributed by atoms with van der Waals surface area (Å²) in [7, 11) is 0. The molecule has 100 valence electrons. The molecule has 0 unspecified atom stereocenters. The fourth-order valence-electron chi connectivity index (χ4n) is 2.57. The number of pyridine rings is 1. The topological polar surface area (TPSA) is 34.0 Å². The second kappa shape index (κ2) is 4.99. The number of halogens is 1. The van der Waals surface area contributed by atoms with Crippen LogP contribution in [0.4, 0.5) is 10.2 Å². The van der Waals surface area contributed by atoms with Gasteiger partial charge in [0.15, 0.2) is 11.6 Å². The van der Waals surface area contributed by atoms with E-state index in [0.717, 1.165) is 31.9 Å². The maximum Gasteiger partial charge on any atom is 0.165 e. The molecule has 0 bridgehead atoms. The van der Waals surface area contributed by atoms with Crippen LogP contribution in [0.25, 0.3) is 0 Å². The van der Waals surface area contributed by atoms with Crippen LogP contribution in [0.2, 0.25) is 0 Å². The molecule has 0 N–H and O–H groups in total. The Balaban J connectivity index is 1.60. The molecule has 19 heavy (non-hydrogen) atoms. The van der Waals surface area contributed by atoms with Gasteiger partial charge in [0.2, 0.25) is 0 Å². The number of imidazole rings is 1. The van der Waals surface area contributed by atoms with Crippen molar-refractivity contribution in [1.29, 1.82) is 0 Å². The highest BCUT2D eigenvalue weighted by atomic mass is 19.1. The molecule has 1 aliphatic rings. The zero-order valence-corrected chi connectivity index (χ0v) is 11.0. The van der Waals surface area contributed by atoms with E-state index in [-0.39, 0.29) is 5.82 Å². The minimum atomic E-state index is -0.238. The first kappa shape index (κ1) is 12.1. The Morgan fingerprint density at radius 1 is 1.32 bits per heavy atom. The molecule has 3 heterocycles. The van der Waals surface area contributed by atoms with E-state index in [0.29, 0.717) is 11.7 Å². The van der Waals surface area contributed by atoms with Gasteiger partial charge in [0.05, 0.1) is 0 Å². The third kappa shape index (κ3) is 2.32. The molecule has 2 aromatic heterocycles. The van der Waals surface area contributed by atoms with E-state index in [9.17, 15) is 4.39 Å². The Hall–Kier alpha value is -1.91. The molecule has 0 aromatic carbocycles. The molecule has 4 nitrogen and oxygen atoms in total. The minimum Gasteiger partial charge on any atom is -0.353 e. The van der Waals surface area contributed by atoms with Crippen molar-refractivity contribution in [1.82, 2.24) is 14.5 Å². The summed E-state index contributed by atoms with van der Waals surface area (Å²) in [5, 5.41) is 0. The second-order valence-corrected chi connectivity index (χ2v) is 4.93. The van der Waals surface area contributed by atoms with Crippen LogP contribution in [0.1, 0.15) is 12.7 Å². The summed E-state index contributed by atoms with van der Waals surface area (Å²) in [6.07, 6.45) is 6.44. The molecule has 1 aliphatic heterocycles. The molecule has 1 fully saturated rings. The van der Waals surface area contributed by atoms with Gasteiger partial charge in [-0.15, -0.1) is 0 Å². The average Bonchev–Trinajstić information content (AvgIpc) is 2.82. The number of rotatable bonds is 4. The van der Waals surface area contributed by atoms with Crippen LogP contribution in [0.5, 0.6) is 0 Å². The molecule has 3 rings (SSSR count). The van der Waals surface area contributed by atoms with Gasteiger partial charge in [0.1, 0.15) is 5.82 Å². The minimum absolute atomic E-state index is 0.238. The number of aryl methyl sites for hydroxylation is 1. The Morgan fingerprint density at radius 3 is 2.89 bits per heavy atom. The van der Waals surface area contributed by atoms with Gasteiger partial charge in [-0.1, -0.05) is 6.92 Å². The van der Waals surface area contributed by atoms with E-state index in [2.05, 4.69) is 21.5 Å². The first-order valence-corrected chi connectivity index (χ1v) is 6.63. The lowest BCUT2D eigenvalue weighted by atomic mass is 10.00. The van der Waals surface area contributed by atoms with Crippen molar-refractivity contribution in [3.8, 4) is 0 Å². The summed E-state index contributed by atoms with van der Waals surface area (Å²) in [5.74, 6) is 1.89. The Bertz CT molecular complexity index is 560. The first-order chi connectivity index (χ1) is 9.28. The third-order valence-electron chi connectivity index (χ3n) is 3.57. The lowest BCUT2D eigenvalue weighted by molar-refractivity contribution is 0.347. The fourth-order valence-corrected chi connectivity index (χ4v) is 2.57. The molecule has 0 atom stereocenters. The summed E-state index contributed by atoms with van der Waals surface area (Å²) in [4.78, 5) is 10.4. The van der Waals surface area contributed by atoms with Crippen LogP contribution in [-0.2, 0) is 13.0 Å². The van der Waals surface area contributed by atoms with E-state index in [1.807, 2.05) is 17.3 Å². The van der Waals surface area contributed by atoms with E-state index in [1.165, 1.54) is 6.07 Å². The molecule has 1 saturated heterocycles. The van der Waals surface area contributed by atoms with Gasteiger partial charge in [-0.25, -0.2) is 14.4 Å². The summed E-state index contributed by atoms with van der Waals surface area (Å²) in [5.41, 5.74) is 0. The van der Waals surface area contributed by atoms with Crippen LogP contribution in [0, 0.1) is 11.7 Å². The normalized spacial score (nSPS) is 15.6. The van der Waals surface area contributed by atoms with E-state index in [4.69, 9.17) is 0 Å². The number of aromatic nitrogens is 3. The van der Waals surface area contributed by atoms with Gasteiger partial charge in [-0.3, -0.25) is 0 Å². The van der Waals surface area contributed by atoms with E-state index in [1.54, 1.807) is 12.3 Å². The number of hydrogen-bond donors (Lipinski definition) is 0. The summed E-state index contributed by atoms with van der Waals surface area (Å²) >= 11 is 0. The zero-order valence-electron chi connectivity index (χ0n) is 11.0. The van der Waals surface area contributed by atoms with Gasteiger partial charge in [0, 0.05) is 50.6 Å². The van der Waals surface area contributed by atoms with Crippen molar-refractivity contribution in [3.05, 3.63) is 42.4 Å². The van der Waals surface area contributed by atoms with Crippen LogP contribution >= 0.6 is 0 Å². The molecule has 0 amide bonds. The monoisotopic (exact) mass is 260 g/mol. The molecular formula is C14H17FN4. The number of hydrogen-bond acceptors (Lipinski definition) is 3. The average molecular weight is 260 g/mol. The molecule has 0 aliphatic carbocycles. The van der Waals surface area contributed by atoms with Crippen LogP contribution in [0.3, 0.4) is 0 Å². The summed E-state index contributed by atoms with van der Waals surface area (Å²) in [6, 6.07) is 3.08. The van der Waals surface area contributed by atoms with Crippen molar-refractivity contribution in [2.75, 3.05) is 18.0 Å². The molecular weight excluding hydrogens is 243 g/mol. The SMILES string of the molecule is CCc1nccn1CC1CN(c2ncccc2F)C1. The van der Waals surface area contributed by atoms with Crippen LogP contribution in [-0.4, -0.2) is 27.6 Å². The summed E-state index contributed by atoms with van der Waals surface area (Å²) < 4.78 is 15.8. The fraction of sp³-hybridized carbons (Fsp3) is 0.429. The maximum absolute atomic E-state index is 13.6. The Kier molecular flexibility index (Phi) is 3.19. The highest BCUT2D eigenvalue weighted by Crippen LogP contribution is 2.26. The quantitative estimate of drug-likeness (QED) is 0.844. The molecule has 0 spiro atoms. The van der Waals surface area contributed by atoms with E-state index < -0.39 is 0 Å². The predicted molar refractivity (Wildman–Crippen MR) is 71.5 cm³/mol. The van der Waals surface area contributed by atoms with Crippen molar-refractivity contribution < 1.29 is 4.39 Å². The van der Waals surface area contributed by atoms with Gasteiger partial charge in [-0.2, -0.15) is 0 Å². The Morgan fingerprint density at radius 2 is 2.16 bits per heavy atom. The van der Waals surface area contributed by atoms with Gasteiger partial charge < -0.3 is 9.47 Å². The van der Waals surface area contributed by atoms with Crippen molar-refractivity contribution in [2.45, 2.75) is 19.9 Å². The maximum atomic E-state index is 13.6. The smallest absolute Gasteiger partial charge is 0.165 e. The lowest BCUT2D eigenvalue weighted by Gasteiger charge is -2.40. The highest BCUT2D eigenvalue weighted by Gasteiger charge is 2.29. The van der Waals surface area contributed by atoms with Crippen molar-refractivity contribution in [2.24, 2.45) is 5.92 Å².